The first kappa shape index (κ1) is 20.3. The van der Waals surface area contributed by atoms with Gasteiger partial charge in [-0.15, -0.1) is 11.3 Å². The summed E-state index contributed by atoms with van der Waals surface area (Å²) in [6.07, 6.45) is 2.76. The third kappa shape index (κ3) is 5.76. The van der Waals surface area contributed by atoms with E-state index >= 15 is 0 Å². The Kier molecular flexibility index (Phi) is 7.37. The first-order valence-corrected chi connectivity index (χ1v) is 10.7. The summed E-state index contributed by atoms with van der Waals surface area (Å²) in [6.45, 7) is 1.76. The number of hydrogen-bond donors (Lipinski definition) is 1. The largest absolute Gasteiger partial charge is 0.352 e. The minimum Gasteiger partial charge on any atom is -0.352 e. The van der Waals surface area contributed by atoms with Crippen molar-refractivity contribution in [3.8, 4) is 0 Å². The van der Waals surface area contributed by atoms with Gasteiger partial charge in [0.1, 0.15) is 0 Å². The Morgan fingerprint density at radius 1 is 1.00 bits per heavy atom. The number of benzene rings is 1. The fourth-order valence-electron chi connectivity index (χ4n) is 3.44. The predicted molar refractivity (Wildman–Crippen MR) is 110 cm³/mol. The number of rotatable bonds is 8. The van der Waals surface area contributed by atoms with Crippen LogP contribution >= 0.6 is 11.3 Å². The number of thiophene rings is 1. The van der Waals surface area contributed by atoms with Crippen LogP contribution in [0.15, 0.2) is 47.8 Å². The lowest BCUT2D eigenvalue weighted by Gasteiger charge is -2.31. The van der Waals surface area contributed by atoms with E-state index in [1.165, 1.54) is 11.3 Å². The summed E-state index contributed by atoms with van der Waals surface area (Å²) >= 11 is 1.44. The molecule has 1 aliphatic heterocycles. The van der Waals surface area contributed by atoms with Crippen molar-refractivity contribution in [3.05, 3.63) is 58.3 Å². The molecule has 0 atom stereocenters. The number of likely N-dealkylation sites (tertiary alicyclic amines) is 1. The van der Waals surface area contributed by atoms with E-state index in [1.807, 2.05) is 52.7 Å². The van der Waals surface area contributed by atoms with E-state index in [2.05, 4.69) is 5.32 Å². The van der Waals surface area contributed by atoms with Gasteiger partial charge in [0.15, 0.2) is 5.78 Å². The summed E-state index contributed by atoms with van der Waals surface area (Å²) in [4.78, 5) is 39.3. The van der Waals surface area contributed by atoms with Crippen molar-refractivity contribution in [2.75, 3.05) is 13.1 Å². The van der Waals surface area contributed by atoms with Crippen molar-refractivity contribution in [2.45, 2.75) is 38.6 Å². The molecule has 0 bridgehead atoms. The van der Waals surface area contributed by atoms with Crippen molar-refractivity contribution < 1.29 is 14.4 Å². The lowest BCUT2D eigenvalue weighted by Crippen LogP contribution is -2.42. The normalized spacial score (nSPS) is 14.6. The molecule has 0 saturated carbocycles. The summed E-state index contributed by atoms with van der Waals surface area (Å²) in [5, 5.41) is 4.88. The molecule has 1 aromatic carbocycles. The second-order valence-electron chi connectivity index (χ2n) is 7.11. The summed E-state index contributed by atoms with van der Waals surface area (Å²) in [6, 6.07) is 13.5. The third-order valence-electron chi connectivity index (χ3n) is 5.12. The quantitative estimate of drug-likeness (QED) is 0.690. The van der Waals surface area contributed by atoms with E-state index in [4.69, 9.17) is 0 Å². The Labute approximate surface area is 169 Å². The van der Waals surface area contributed by atoms with Gasteiger partial charge < -0.3 is 10.2 Å². The minimum atomic E-state index is -0.0341. The van der Waals surface area contributed by atoms with E-state index in [-0.39, 0.29) is 23.5 Å². The molecule has 2 amide bonds. The third-order valence-corrected chi connectivity index (χ3v) is 6.03. The topological polar surface area (TPSA) is 66.5 Å². The maximum absolute atomic E-state index is 12.4. The van der Waals surface area contributed by atoms with Crippen LogP contribution in [-0.2, 0) is 16.1 Å². The average molecular weight is 399 g/mol. The molecule has 1 aromatic heterocycles. The number of carbonyl (C=O) groups is 3. The van der Waals surface area contributed by atoms with Crippen molar-refractivity contribution in [1.29, 1.82) is 0 Å². The number of Topliss-reactive ketones (excluding diaryl/α,β-unsaturated/α-hetero) is 1. The zero-order valence-electron chi connectivity index (χ0n) is 15.9. The van der Waals surface area contributed by atoms with Crippen LogP contribution in [-0.4, -0.2) is 35.6 Å². The van der Waals surface area contributed by atoms with Crippen molar-refractivity contribution in [2.24, 2.45) is 5.92 Å². The van der Waals surface area contributed by atoms with Crippen molar-refractivity contribution >= 4 is 28.9 Å². The van der Waals surface area contributed by atoms with Crippen LogP contribution in [0.1, 0.15) is 47.3 Å². The molecule has 2 heterocycles. The van der Waals surface area contributed by atoms with Gasteiger partial charge in [-0.1, -0.05) is 36.4 Å². The molecule has 5 nitrogen and oxygen atoms in total. The second kappa shape index (κ2) is 10.2. The van der Waals surface area contributed by atoms with Crippen molar-refractivity contribution in [1.82, 2.24) is 10.2 Å². The number of carbonyl (C=O) groups excluding carboxylic acids is 3. The number of hydrogen-bond acceptors (Lipinski definition) is 4. The lowest BCUT2D eigenvalue weighted by atomic mass is 9.95. The van der Waals surface area contributed by atoms with E-state index in [0.717, 1.165) is 10.4 Å². The van der Waals surface area contributed by atoms with Gasteiger partial charge in [-0.2, -0.15) is 0 Å². The van der Waals surface area contributed by atoms with Crippen LogP contribution in [0.25, 0.3) is 0 Å². The fraction of sp³-hybridized carbons (Fsp3) is 0.409. The molecule has 148 valence electrons. The zero-order valence-corrected chi connectivity index (χ0v) is 16.7. The van der Waals surface area contributed by atoms with Gasteiger partial charge in [-0.05, 0) is 36.3 Å². The smallest absolute Gasteiger partial charge is 0.223 e. The number of amides is 2. The first-order valence-electron chi connectivity index (χ1n) is 9.79. The maximum atomic E-state index is 12.4. The number of piperidine rings is 1. The van der Waals surface area contributed by atoms with Crippen LogP contribution in [0.5, 0.6) is 0 Å². The van der Waals surface area contributed by atoms with Gasteiger partial charge in [-0.25, -0.2) is 0 Å². The fourth-order valence-corrected chi connectivity index (χ4v) is 4.13. The highest BCUT2D eigenvalue weighted by molar-refractivity contribution is 7.12. The molecule has 28 heavy (non-hydrogen) atoms. The number of nitrogens with one attached hydrogen (secondary N) is 1. The standard InChI is InChI=1S/C22H26N2O3S/c25-19(20-9-5-15-28-20)8-4-10-21(26)24-13-11-18(12-14-24)22(27)23-16-17-6-2-1-3-7-17/h1-3,5-7,9,15,18H,4,8,10-14,16H2,(H,23,27). The molecular formula is C22H26N2O3S. The van der Waals surface area contributed by atoms with Crippen molar-refractivity contribution in [3.63, 3.8) is 0 Å². The molecule has 2 aromatic rings. The van der Waals surface area contributed by atoms with Crippen LogP contribution < -0.4 is 5.32 Å². The molecule has 1 fully saturated rings. The zero-order chi connectivity index (χ0) is 19.8. The Morgan fingerprint density at radius 3 is 2.43 bits per heavy atom. The van der Waals surface area contributed by atoms with Gasteiger partial charge in [0.05, 0.1) is 4.88 Å². The molecular weight excluding hydrogens is 372 g/mol. The molecule has 0 radical (unpaired) electrons. The molecule has 0 unspecified atom stereocenters. The van der Waals surface area contributed by atoms with E-state index in [9.17, 15) is 14.4 Å². The summed E-state index contributed by atoms with van der Waals surface area (Å²) in [7, 11) is 0. The molecule has 0 aliphatic carbocycles. The Hall–Kier alpha value is -2.47. The summed E-state index contributed by atoms with van der Waals surface area (Å²) in [5.74, 6) is 0.226. The van der Waals surface area contributed by atoms with Gasteiger partial charge >= 0.3 is 0 Å². The Bertz CT molecular complexity index is 781. The number of nitrogens with zero attached hydrogens (tertiary/aromatic N) is 1. The van der Waals surface area contributed by atoms with E-state index in [1.54, 1.807) is 0 Å². The van der Waals surface area contributed by atoms with Gasteiger partial charge in [0.25, 0.3) is 0 Å². The highest BCUT2D eigenvalue weighted by Gasteiger charge is 2.27. The summed E-state index contributed by atoms with van der Waals surface area (Å²) in [5.41, 5.74) is 1.08. The highest BCUT2D eigenvalue weighted by atomic mass is 32.1. The van der Waals surface area contributed by atoms with Gasteiger partial charge in [-0.3, -0.25) is 14.4 Å². The summed E-state index contributed by atoms with van der Waals surface area (Å²) < 4.78 is 0. The number of ketones is 1. The molecule has 1 aliphatic rings. The van der Waals surface area contributed by atoms with E-state index in [0.29, 0.717) is 51.7 Å². The van der Waals surface area contributed by atoms with Gasteiger partial charge in [0, 0.05) is 38.4 Å². The van der Waals surface area contributed by atoms with Crippen LogP contribution in [0.2, 0.25) is 0 Å². The molecule has 1 N–H and O–H groups in total. The predicted octanol–water partition coefficient (Wildman–Crippen LogP) is 3.66. The molecule has 3 rings (SSSR count). The lowest BCUT2D eigenvalue weighted by molar-refractivity contribution is -0.135. The Morgan fingerprint density at radius 2 is 1.75 bits per heavy atom. The minimum absolute atomic E-state index is 0.0341. The molecule has 6 heteroatoms. The molecule has 1 saturated heterocycles. The van der Waals surface area contributed by atoms with E-state index < -0.39 is 0 Å². The monoisotopic (exact) mass is 398 g/mol. The SMILES string of the molecule is O=C(CCCC(=O)N1CCC(C(=O)NCc2ccccc2)CC1)c1cccs1. The highest BCUT2D eigenvalue weighted by Crippen LogP contribution is 2.19. The van der Waals surface area contributed by atoms with Crippen LogP contribution in [0.4, 0.5) is 0 Å². The Balaban J connectivity index is 1.34. The first-order chi connectivity index (χ1) is 13.6. The maximum Gasteiger partial charge on any atom is 0.223 e. The van der Waals surface area contributed by atoms with Crippen LogP contribution in [0.3, 0.4) is 0 Å². The van der Waals surface area contributed by atoms with Gasteiger partial charge in [0.2, 0.25) is 11.8 Å². The average Bonchev–Trinajstić information content (AvgIpc) is 3.28. The molecule has 0 spiro atoms. The second-order valence-corrected chi connectivity index (χ2v) is 8.06. The van der Waals surface area contributed by atoms with Crippen LogP contribution in [0, 0.1) is 5.92 Å².